The molecule has 0 fully saturated rings. The van der Waals surface area contributed by atoms with Gasteiger partial charge in [0.25, 0.3) is 0 Å². The van der Waals surface area contributed by atoms with Crippen LogP contribution in [0.2, 0.25) is 0 Å². The van der Waals surface area contributed by atoms with Gasteiger partial charge in [0.15, 0.2) is 5.96 Å². The van der Waals surface area contributed by atoms with E-state index in [-0.39, 0.29) is 24.0 Å². The van der Waals surface area contributed by atoms with Gasteiger partial charge in [-0.05, 0) is 36.8 Å². The lowest BCUT2D eigenvalue weighted by molar-refractivity contribution is 0.322. The van der Waals surface area contributed by atoms with Crippen molar-refractivity contribution in [3.63, 3.8) is 0 Å². The molecule has 2 aromatic carbocycles. The second-order valence-corrected chi connectivity index (χ2v) is 5.09. The first-order valence-corrected chi connectivity index (χ1v) is 8.16. The van der Waals surface area contributed by atoms with Gasteiger partial charge in [-0.15, -0.1) is 24.0 Å². The Morgan fingerprint density at radius 3 is 2.44 bits per heavy atom. The zero-order valence-corrected chi connectivity index (χ0v) is 17.0. The van der Waals surface area contributed by atoms with Gasteiger partial charge in [0.2, 0.25) is 0 Å². The number of rotatable bonds is 8. The largest absolute Gasteiger partial charge is 0.494 e. The van der Waals surface area contributed by atoms with Crippen LogP contribution >= 0.6 is 24.0 Å². The number of ether oxygens (including phenoxy) is 2. The Bertz CT molecular complexity index is 636. The molecule has 0 bridgehead atoms. The molecular weight excluding hydrogens is 429 g/mol. The summed E-state index contributed by atoms with van der Waals surface area (Å²) in [6.07, 6.45) is 0. The number of nitrogens with zero attached hydrogens (tertiary/aromatic N) is 1. The van der Waals surface area contributed by atoms with Gasteiger partial charge in [-0.3, -0.25) is 4.99 Å². The first kappa shape index (κ1) is 21.1. The lowest BCUT2D eigenvalue weighted by atomic mass is 10.2. The Hall–Kier alpha value is -1.96. The molecule has 2 aromatic rings. The second kappa shape index (κ2) is 12.4. The van der Waals surface area contributed by atoms with Crippen molar-refractivity contribution < 1.29 is 9.47 Å². The summed E-state index contributed by atoms with van der Waals surface area (Å²) in [6.45, 7) is 4.58. The smallest absolute Gasteiger partial charge is 0.191 e. The number of aliphatic imine (C=N–C) groups is 1. The third kappa shape index (κ3) is 8.11. The highest BCUT2D eigenvalue weighted by molar-refractivity contribution is 14.0. The average Bonchev–Trinajstić information content (AvgIpc) is 2.63. The van der Waals surface area contributed by atoms with Crippen LogP contribution < -0.4 is 20.1 Å². The number of para-hydroxylation sites is 1. The molecule has 0 unspecified atom stereocenters. The summed E-state index contributed by atoms with van der Waals surface area (Å²) in [6, 6.07) is 17.8. The fourth-order valence-electron chi connectivity index (χ4n) is 2.17. The maximum atomic E-state index is 5.64. The molecule has 0 saturated heterocycles. The van der Waals surface area contributed by atoms with Gasteiger partial charge in [-0.1, -0.05) is 30.3 Å². The molecule has 2 N–H and O–H groups in total. The summed E-state index contributed by atoms with van der Waals surface area (Å²) in [5.74, 6) is 2.50. The van der Waals surface area contributed by atoms with Gasteiger partial charge in [-0.2, -0.15) is 0 Å². The van der Waals surface area contributed by atoms with Crippen LogP contribution in [0.4, 0.5) is 0 Å². The highest BCUT2D eigenvalue weighted by Gasteiger charge is 2.00. The quantitative estimate of drug-likeness (QED) is 0.277. The number of benzene rings is 2. The molecule has 2 rings (SSSR count). The molecule has 0 aromatic heterocycles. The third-order valence-electron chi connectivity index (χ3n) is 3.30. The highest BCUT2D eigenvalue weighted by Crippen LogP contribution is 2.13. The normalized spacial score (nSPS) is 10.6. The predicted molar refractivity (Wildman–Crippen MR) is 113 cm³/mol. The van der Waals surface area contributed by atoms with E-state index in [4.69, 9.17) is 9.47 Å². The van der Waals surface area contributed by atoms with Crippen LogP contribution in [-0.4, -0.2) is 32.8 Å². The monoisotopic (exact) mass is 455 g/mol. The van der Waals surface area contributed by atoms with Gasteiger partial charge < -0.3 is 20.1 Å². The highest BCUT2D eigenvalue weighted by atomic mass is 127. The molecule has 0 aliphatic carbocycles. The molecule has 136 valence electrons. The zero-order valence-electron chi connectivity index (χ0n) is 14.7. The molecule has 0 spiro atoms. The summed E-state index contributed by atoms with van der Waals surface area (Å²) < 4.78 is 11.2. The van der Waals surface area contributed by atoms with Crippen LogP contribution in [0.15, 0.2) is 59.6 Å². The van der Waals surface area contributed by atoms with Crippen molar-refractivity contribution in [2.45, 2.75) is 13.5 Å². The number of hydrogen-bond donors (Lipinski definition) is 2. The van der Waals surface area contributed by atoms with Crippen molar-refractivity contribution in [2.24, 2.45) is 4.99 Å². The van der Waals surface area contributed by atoms with Crippen molar-refractivity contribution in [2.75, 3.05) is 26.8 Å². The Morgan fingerprint density at radius 1 is 0.960 bits per heavy atom. The average molecular weight is 455 g/mol. The van der Waals surface area contributed by atoms with Crippen LogP contribution in [0.1, 0.15) is 12.5 Å². The molecule has 0 aliphatic rings. The maximum Gasteiger partial charge on any atom is 0.191 e. The van der Waals surface area contributed by atoms with E-state index in [1.165, 1.54) is 0 Å². The maximum absolute atomic E-state index is 5.64. The first-order valence-electron chi connectivity index (χ1n) is 8.16. The number of hydrogen-bond acceptors (Lipinski definition) is 3. The minimum absolute atomic E-state index is 0. The standard InChI is InChI=1S/C19H25N3O2.HI/c1-3-23-18-11-7-8-16(14-18)15-22-19(20-2)21-12-13-24-17-9-5-4-6-10-17;/h4-11,14H,3,12-13,15H2,1-2H3,(H2,20,21,22);1H. The van der Waals surface area contributed by atoms with E-state index in [0.717, 1.165) is 23.0 Å². The summed E-state index contributed by atoms with van der Waals surface area (Å²) in [4.78, 5) is 4.21. The Labute approximate surface area is 166 Å². The fourth-order valence-corrected chi connectivity index (χ4v) is 2.17. The van der Waals surface area contributed by atoms with E-state index < -0.39 is 0 Å². The van der Waals surface area contributed by atoms with Gasteiger partial charge in [0.1, 0.15) is 18.1 Å². The number of nitrogens with one attached hydrogen (secondary N) is 2. The Balaban J connectivity index is 0.00000312. The van der Waals surface area contributed by atoms with Gasteiger partial charge in [-0.25, -0.2) is 0 Å². The molecule has 0 amide bonds. The minimum atomic E-state index is 0. The number of guanidine groups is 1. The molecule has 0 saturated carbocycles. The Kier molecular flexibility index (Phi) is 10.5. The summed E-state index contributed by atoms with van der Waals surface area (Å²) in [5.41, 5.74) is 1.14. The van der Waals surface area contributed by atoms with Crippen LogP contribution in [-0.2, 0) is 6.54 Å². The van der Waals surface area contributed by atoms with Crippen molar-refractivity contribution in [1.29, 1.82) is 0 Å². The predicted octanol–water partition coefficient (Wildman–Crippen LogP) is 3.45. The SMILES string of the molecule is CCOc1cccc(CNC(=NC)NCCOc2ccccc2)c1.I. The Morgan fingerprint density at radius 2 is 1.72 bits per heavy atom. The third-order valence-corrected chi connectivity index (χ3v) is 3.30. The van der Waals surface area contributed by atoms with Crippen molar-refractivity contribution in [1.82, 2.24) is 10.6 Å². The minimum Gasteiger partial charge on any atom is -0.494 e. The van der Waals surface area contributed by atoms with Crippen LogP contribution in [0.5, 0.6) is 11.5 Å². The van der Waals surface area contributed by atoms with Crippen LogP contribution in [0.3, 0.4) is 0 Å². The summed E-state index contributed by atoms with van der Waals surface area (Å²) >= 11 is 0. The van der Waals surface area contributed by atoms with Crippen molar-refractivity contribution >= 4 is 29.9 Å². The molecule has 25 heavy (non-hydrogen) atoms. The summed E-state index contributed by atoms with van der Waals surface area (Å²) in [7, 11) is 1.75. The lowest BCUT2D eigenvalue weighted by Gasteiger charge is -2.13. The summed E-state index contributed by atoms with van der Waals surface area (Å²) in [5, 5.41) is 6.51. The molecule has 6 heteroatoms. The molecule has 0 aliphatic heterocycles. The van der Waals surface area contributed by atoms with Crippen LogP contribution in [0.25, 0.3) is 0 Å². The zero-order chi connectivity index (χ0) is 17.0. The molecule has 0 radical (unpaired) electrons. The van der Waals surface area contributed by atoms with E-state index in [2.05, 4.69) is 21.7 Å². The van der Waals surface area contributed by atoms with Gasteiger partial charge >= 0.3 is 0 Å². The second-order valence-electron chi connectivity index (χ2n) is 5.09. The number of halogens is 1. The molecule has 5 nitrogen and oxygen atoms in total. The molecule has 0 atom stereocenters. The van der Waals surface area contributed by atoms with Crippen LogP contribution in [0, 0.1) is 0 Å². The van der Waals surface area contributed by atoms with Crippen molar-refractivity contribution in [3.8, 4) is 11.5 Å². The van der Waals surface area contributed by atoms with Gasteiger partial charge in [0.05, 0.1) is 13.2 Å². The fraction of sp³-hybridized carbons (Fsp3) is 0.316. The van der Waals surface area contributed by atoms with Gasteiger partial charge in [0, 0.05) is 13.6 Å². The van der Waals surface area contributed by atoms with E-state index >= 15 is 0 Å². The van der Waals surface area contributed by atoms with E-state index in [1.807, 2.05) is 55.5 Å². The lowest BCUT2D eigenvalue weighted by Crippen LogP contribution is -2.38. The molecular formula is C19H26IN3O2. The first-order chi connectivity index (χ1) is 11.8. The topological polar surface area (TPSA) is 54.9 Å². The van der Waals surface area contributed by atoms with E-state index in [1.54, 1.807) is 7.05 Å². The van der Waals surface area contributed by atoms with E-state index in [9.17, 15) is 0 Å². The molecule has 0 heterocycles. The van der Waals surface area contributed by atoms with Crippen molar-refractivity contribution in [3.05, 3.63) is 60.2 Å². The van der Waals surface area contributed by atoms with E-state index in [0.29, 0.717) is 26.3 Å².